The van der Waals surface area contributed by atoms with Gasteiger partial charge >= 0.3 is 0 Å². The maximum atomic E-state index is 11.8. The molecule has 2 rings (SSSR count). The van der Waals surface area contributed by atoms with E-state index in [9.17, 15) is 4.79 Å². The summed E-state index contributed by atoms with van der Waals surface area (Å²) in [5, 5.41) is 6.39. The van der Waals surface area contributed by atoms with Gasteiger partial charge in [0.1, 0.15) is 0 Å². The first-order valence-electron chi connectivity index (χ1n) is 7.06. The van der Waals surface area contributed by atoms with E-state index < -0.39 is 6.04 Å². The molecule has 1 heterocycles. The summed E-state index contributed by atoms with van der Waals surface area (Å²) in [6, 6.07) is 7.97. The Balaban J connectivity index is 0.00000220. The number of benzene rings is 1. The van der Waals surface area contributed by atoms with Crippen LogP contribution in [0.3, 0.4) is 0 Å². The van der Waals surface area contributed by atoms with Crippen LogP contribution in [0, 0.1) is 5.92 Å². The number of hydrogen-bond acceptors (Lipinski definition) is 3. The van der Waals surface area contributed by atoms with Gasteiger partial charge in [-0.1, -0.05) is 32.0 Å². The van der Waals surface area contributed by atoms with E-state index in [1.807, 2.05) is 0 Å². The van der Waals surface area contributed by atoms with Crippen LogP contribution in [0.15, 0.2) is 29.6 Å². The Morgan fingerprint density at radius 2 is 2.05 bits per heavy atom. The quantitative estimate of drug-likeness (QED) is 0.855. The Labute approximate surface area is 136 Å². The zero-order valence-electron chi connectivity index (χ0n) is 12.5. The van der Waals surface area contributed by atoms with Gasteiger partial charge in [0, 0.05) is 11.2 Å². The summed E-state index contributed by atoms with van der Waals surface area (Å²) in [5.74, 6) is 0.398. The highest BCUT2D eigenvalue weighted by atomic mass is 35.5. The number of rotatable bonds is 6. The van der Waals surface area contributed by atoms with E-state index in [-0.39, 0.29) is 18.3 Å². The standard InChI is InChI=1S/C16H22N2OS.ClH/c1-11(2)9-14(17)16(19)18-8-7-12-10-20-15-6-4-3-5-13(12)15;/h3-6,10-11,14H,7-9,17H2,1-2H3,(H,18,19);1H/t14-;/m0./s1. The zero-order valence-corrected chi connectivity index (χ0v) is 14.1. The van der Waals surface area contributed by atoms with E-state index in [4.69, 9.17) is 5.73 Å². The van der Waals surface area contributed by atoms with E-state index in [1.165, 1.54) is 15.6 Å². The SMILES string of the molecule is CC(C)C[C@H](N)C(=O)NCCc1csc2ccccc12.Cl. The molecule has 0 radical (unpaired) electrons. The van der Waals surface area contributed by atoms with Crippen LogP contribution in [-0.2, 0) is 11.2 Å². The fourth-order valence-corrected chi connectivity index (χ4v) is 3.29. The number of nitrogens with one attached hydrogen (secondary N) is 1. The van der Waals surface area contributed by atoms with Gasteiger partial charge in [0.25, 0.3) is 0 Å². The van der Waals surface area contributed by atoms with Crippen LogP contribution in [0.5, 0.6) is 0 Å². The maximum Gasteiger partial charge on any atom is 0.236 e. The minimum absolute atomic E-state index is 0. The third-order valence-electron chi connectivity index (χ3n) is 3.32. The lowest BCUT2D eigenvalue weighted by atomic mass is 10.0. The normalized spacial score (nSPS) is 12.2. The number of hydrogen-bond donors (Lipinski definition) is 2. The molecule has 0 aliphatic heterocycles. The van der Waals surface area contributed by atoms with Crippen LogP contribution in [0.4, 0.5) is 0 Å². The topological polar surface area (TPSA) is 55.1 Å². The van der Waals surface area contributed by atoms with Crippen molar-refractivity contribution in [3.63, 3.8) is 0 Å². The molecular weight excluding hydrogens is 304 g/mol. The molecule has 0 aliphatic carbocycles. The predicted molar refractivity (Wildman–Crippen MR) is 93.2 cm³/mol. The van der Waals surface area contributed by atoms with Crippen molar-refractivity contribution in [3.8, 4) is 0 Å². The van der Waals surface area contributed by atoms with Crippen LogP contribution in [0.2, 0.25) is 0 Å². The summed E-state index contributed by atoms with van der Waals surface area (Å²) >= 11 is 1.75. The molecule has 1 atom stereocenters. The number of carbonyl (C=O) groups excluding carboxylic acids is 1. The Morgan fingerprint density at radius 3 is 2.76 bits per heavy atom. The van der Waals surface area contributed by atoms with Crippen LogP contribution in [-0.4, -0.2) is 18.5 Å². The molecule has 1 amide bonds. The van der Waals surface area contributed by atoms with Crippen molar-refractivity contribution >= 4 is 39.7 Å². The summed E-state index contributed by atoms with van der Waals surface area (Å²) in [7, 11) is 0. The van der Waals surface area contributed by atoms with Crippen molar-refractivity contribution in [2.24, 2.45) is 11.7 Å². The molecule has 1 aromatic carbocycles. The first-order valence-corrected chi connectivity index (χ1v) is 7.94. The average molecular weight is 327 g/mol. The van der Waals surface area contributed by atoms with Gasteiger partial charge in [0.2, 0.25) is 5.91 Å². The Hall–Kier alpha value is -1.10. The highest BCUT2D eigenvalue weighted by Crippen LogP contribution is 2.25. The van der Waals surface area contributed by atoms with E-state index >= 15 is 0 Å². The number of fused-ring (bicyclic) bond motifs is 1. The molecule has 0 spiro atoms. The van der Waals surface area contributed by atoms with Gasteiger partial charge in [0.05, 0.1) is 6.04 Å². The summed E-state index contributed by atoms with van der Waals surface area (Å²) in [6.07, 6.45) is 1.58. The lowest BCUT2D eigenvalue weighted by Crippen LogP contribution is -2.42. The first-order chi connectivity index (χ1) is 9.58. The molecular formula is C16H23ClN2OS. The third-order valence-corrected chi connectivity index (χ3v) is 4.33. The summed E-state index contributed by atoms with van der Waals surface area (Å²) in [6.45, 7) is 4.79. The third kappa shape index (κ3) is 4.99. The molecule has 2 aromatic rings. The number of halogens is 1. The molecule has 116 valence electrons. The molecule has 5 heteroatoms. The van der Waals surface area contributed by atoms with Gasteiger partial charge in [-0.3, -0.25) is 4.79 Å². The molecule has 0 saturated heterocycles. The van der Waals surface area contributed by atoms with Gasteiger partial charge < -0.3 is 11.1 Å². The van der Waals surface area contributed by atoms with Crippen LogP contribution in [0.1, 0.15) is 25.8 Å². The number of carbonyl (C=O) groups is 1. The monoisotopic (exact) mass is 326 g/mol. The first kappa shape index (κ1) is 18.0. The molecule has 21 heavy (non-hydrogen) atoms. The van der Waals surface area contributed by atoms with Gasteiger partial charge in [0.15, 0.2) is 0 Å². The van der Waals surface area contributed by atoms with Gasteiger partial charge in [-0.15, -0.1) is 23.7 Å². The molecule has 3 nitrogen and oxygen atoms in total. The van der Waals surface area contributed by atoms with E-state index in [0.29, 0.717) is 12.5 Å². The number of thiophene rings is 1. The largest absolute Gasteiger partial charge is 0.354 e. The van der Waals surface area contributed by atoms with Crippen molar-refractivity contribution in [3.05, 3.63) is 35.2 Å². The molecule has 0 aliphatic rings. The van der Waals surface area contributed by atoms with Gasteiger partial charge in [-0.05, 0) is 41.2 Å². The van der Waals surface area contributed by atoms with Crippen molar-refractivity contribution in [1.82, 2.24) is 5.32 Å². The summed E-state index contributed by atoms with van der Waals surface area (Å²) in [5.41, 5.74) is 7.15. The van der Waals surface area contributed by atoms with Crippen molar-refractivity contribution in [2.75, 3.05) is 6.54 Å². The molecule has 0 fully saturated rings. The number of nitrogens with two attached hydrogens (primary N) is 1. The zero-order chi connectivity index (χ0) is 14.5. The Bertz CT molecular complexity index is 582. The fraction of sp³-hybridized carbons (Fsp3) is 0.438. The molecule has 0 bridgehead atoms. The second-order valence-corrected chi connectivity index (χ2v) is 6.45. The van der Waals surface area contributed by atoms with Crippen molar-refractivity contribution in [2.45, 2.75) is 32.7 Å². The lowest BCUT2D eigenvalue weighted by molar-refractivity contribution is -0.122. The predicted octanol–water partition coefficient (Wildman–Crippen LogP) is 3.36. The van der Waals surface area contributed by atoms with Crippen LogP contribution in [0.25, 0.3) is 10.1 Å². The van der Waals surface area contributed by atoms with Crippen LogP contribution < -0.4 is 11.1 Å². The summed E-state index contributed by atoms with van der Waals surface area (Å²) in [4.78, 5) is 11.8. The lowest BCUT2D eigenvalue weighted by Gasteiger charge is -2.13. The minimum Gasteiger partial charge on any atom is -0.354 e. The smallest absolute Gasteiger partial charge is 0.236 e. The second kappa shape index (κ2) is 8.37. The Morgan fingerprint density at radius 1 is 1.33 bits per heavy atom. The van der Waals surface area contributed by atoms with Crippen molar-refractivity contribution in [1.29, 1.82) is 0 Å². The number of amides is 1. The molecule has 1 aromatic heterocycles. The van der Waals surface area contributed by atoms with Gasteiger partial charge in [-0.25, -0.2) is 0 Å². The fourth-order valence-electron chi connectivity index (χ4n) is 2.29. The molecule has 3 N–H and O–H groups in total. The Kier molecular flexibility index (Phi) is 7.15. The maximum absolute atomic E-state index is 11.8. The van der Waals surface area contributed by atoms with Gasteiger partial charge in [-0.2, -0.15) is 0 Å². The second-order valence-electron chi connectivity index (χ2n) is 5.53. The van der Waals surface area contributed by atoms with E-state index in [0.717, 1.165) is 12.8 Å². The highest BCUT2D eigenvalue weighted by Gasteiger charge is 2.14. The molecule has 0 unspecified atom stereocenters. The summed E-state index contributed by atoms with van der Waals surface area (Å²) < 4.78 is 1.30. The minimum atomic E-state index is -0.394. The van der Waals surface area contributed by atoms with Crippen molar-refractivity contribution < 1.29 is 4.79 Å². The van der Waals surface area contributed by atoms with Crippen LogP contribution >= 0.6 is 23.7 Å². The molecule has 0 saturated carbocycles. The average Bonchev–Trinajstić information content (AvgIpc) is 2.81. The van der Waals surface area contributed by atoms with E-state index in [2.05, 4.69) is 48.8 Å². The van der Waals surface area contributed by atoms with E-state index in [1.54, 1.807) is 11.3 Å². The highest BCUT2D eigenvalue weighted by molar-refractivity contribution is 7.17.